The van der Waals surface area contributed by atoms with Crippen molar-refractivity contribution in [3.05, 3.63) is 72.9 Å². The summed E-state index contributed by atoms with van der Waals surface area (Å²) in [7, 11) is 0. The van der Waals surface area contributed by atoms with Gasteiger partial charge in [0.05, 0.1) is 32.0 Å². The van der Waals surface area contributed by atoms with Crippen LogP contribution in [0, 0.1) is 0 Å². The maximum Gasteiger partial charge on any atom is 0.305 e. The van der Waals surface area contributed by atoms with Gasteiger partial charge in [-0.2, -0.15) is 0 Å². The lowest BCUT2D eigenvalue weighted by Gasteiger charge is -2.40. The van der Waals surface area contributed by atoms with Gasteiger partial charge in [-0.25, -0.2) is 0 Å². The lowest BCUT2D eigenvalue weighted by atomic mass is 9.99. The van der Waals surface area contributed by atoms with E-state index in [9.17, 15) is 35.1 Å². The highest BCUT2D eigenvalue weighted by molar-refractivity contribution is 5.76. The molecule has 0 saturated carbocycles. The summed E-state index contributed by atoms with van der Waals surface area (Å²) in [5.74, 6) is -0.205. The van der Waals surface area contributed by atoms with Crippen LogP contribution < -0.4 is 5.32 Å². The normalized spacial score (nSPS) is 18.7. The Balaban J connectivity index is 1.98. The van der Waals surface area contributed by atoms with E-state index in [1.165, 1.54) is 186 Å². The first-order valence-electron chi connectivity index (χ1n) is 33.7. The maximum atomic E-state index is 13.0. The molecule has 1 rings (SSSR count). The second kappa shape index (κ2) is 58.9. The summed E-state index contributed by atoms with van der Waals surface area (Å²) >= 11 is 0. The summed E-state index contributed by atoms with van der Waals surface area (Å²) < 4.78 is 16.7. The van der Waals surface area contributed by atoms with Gasteiger partial charge in [0.1, 0.15) is 24.4 Å². The van der Waals surface area contributed by atoms with Gasteiger partial charge in [-0.05, 0) is 103 Å². The minimum Gasteiger partial charge on any atom is -0.466 e. The number of allylic oxidation sites excluding steroid dienone is 11. The van der Waals surface area contributed by atoms with Crippen LogP contribution >= 0.6 is 0 Å². The first kappa shape index (κ1) is 76.1. The van der Waals surface area contributed by atoms with Crippen molar-refractivity contribution in [2.24, 2.45) is 0 Å². The van der Waals surface area contributed by atoms with Gasteiger partial charge >= 0.3 is 5.97 Å². The van der Waals surface area contributed by atoms with Crippen molar-refractivity contribution in [1.29, 1.82) is 0 Å². The number of unbranched alkanes of at least 4 members (excludes halogenated alkanes) is 34. The van der Waals surface area contributed by atoms with Gasteiger partial charge in [-0.3, -0.25) is 9.59 Å². The molecule has 6 N–H and O–H groups in total. The smallest absolute Gasteiger partial charge is 0.305 e. The number of aliphatic hydroxyl groups excluding tert-OH is 5. The number of nitrogens with one attached hydrogen (secondary N) is 1. The molecule has 11 heteroatoms. The Morgan fingerprint density at radius 2 is 0.864 bits per heavy atom. The third kappa shape index (κ3) is 48.1. The maximum absolute atomic E-state index is 13.0. The van der Waals surface area contributed by atoms with Crippen molar-refractivity contribution in [2.45, 2.75) is 339 Å². The lowest BCUT2D eigenvalue weighted by Crippen LogP contribution is -2.60. The number of hydrogen-bond acceptors (Lipinski definition) is 10. The van der Waals surface area contributed by atoms with E-state index in [0.29, 0.717) is 19.4 Å². The van der Waals surface area contributed by atoms with E-state index in [1.54, 1.807) is 6.08 Å². The third-order valence-electron chi connectivity index (χ3n) is 15.5. The molecule has 0 spiro atoms. The van der Waals surface area contributed by atoms with E-state index in [2.05, 4.69) is 79.9 Å². The highest BCUT2D eigenvalue weighted by atomic mass is 16.7. The molecule has 11 nitrogen and oxygen atoms in total. The van der Waals surface area contributed by atoms with Crippen LogP contribution in [0.5, 0.6) is 0 Å². The highest BCUT2D eigenvalue weighted by Gasteiger charge is 2.44. The van der Waals surface area contributed by atoms with E-state index in [0.717, 1.165) is 83.5 Å². The van der Waals surface area contributed by atoms with E-state index in [-0.39, 0.29) is 18.5 Å². The predicted molar refractivity (Wildman–Crippen MR) is 338 cm³/mol. The fraction of sp³-hybridized carbons (Fsp3) is 0.800. The summed E-state index contributed by atoms with van der Waals surface area (Å²) in [5.41, 5.74) is 0. The minimum atomic E-state index is -1.58. The fourth-order valence-corrected chi connectivity index (χ4v) is 10.1. The predicted octanol–water partition coefficient (Wildman–Crippen LogP) is 16.7. The first-order chi connectivity index (χ1) is 39.7. The van der Waals surface area contributed by atoms with Crippen LogP contribution in [0.1, 0.15) is 296 Å². The van der Waals surface area contributed by atoms with Gasteiger partial charge in [-0.15, -0.1) is 0 Å². The largest absolute Gasteiger partial charge is 0.466 e. The van der Waals surface area contributed by atoms with E-state index >= 15 is 0 Å². The van der Waals surface area contributed by atoms with Crippen LogP contribution in [0.2, 0.25) is 0 Å². The molecule has 1 aliphatic rings. The average Bonchev–Trinajstić information content (AvgIpc) is 3.47. The number of carbonyl (C=O) groups is 2. The van der Waals surface area contributed by atoms with Gasteiger partial charge in [0, 0.05) is 12.8 Å². The summed E-state index contributed by atoms with van der Waals surface area (Å²) in [6.07, 6.45) is 69.0. The molecule has 0 aromatic rings. The molecule has 1 fully saturated rings. The van der Waals surface area contributed by atoms with Crippen LogP contribution in [0.4, 0.5) is 0 Å². The summed E-state index contributed by atoms with van der Waals surface area (Å²) in [6.45, 7) is 4.21. The fourth-order valence-electron chi connectivity index (χ4n) is 10.1. The third-order valence-corrected chi connectivity index (χ3v) is 15.5. The zero-order chi connectivity index (χ0) is 58.7. The average molecular weight is 1140 g/mol. The van der Waals surface area contributed by atoms with Gasteiger partial charge < -0.3 is 45.1 Å². The molecule has 0 radical (unpaired) electrons. The Kier molecular flexibility index (Phi) is 55.3. The number of esters is 1. The Labute approximate surface area is 496 Å². The van der Waals surface area contributed by atoms with Gasteiger partial charge in [0.15, 0.2) is 6.29 Å². The van der Waals surface area contributed by atoms with Crippen LogP contribution in [0.15, 0.2) is 72.9 Å². The zero-order valence-corrected chi connectivity index (χ0v) is 52.0. The summed E-state index contributed by atoms with van der Waals surface area (Å²) in [5, 5.41) is 54.3. The second-order valence-corrected chi connectivity index (χ2v) is 23.1. The van der Waals surface area contributed by atoms with E-state index < -0.39 is 49.5 Å². The molecule has 0 aromatic heterocycles. The first-order valence-corrected chi connectivity index (χ1v) is 33.7. The molecule has 7 unspecified atom stereocenters. The topological polar surface area (TPSA) is 175 Å². The number of amides is 1. The molecule has 1 aliphatic heterocycles. The Bertz CT molecular complexity index is 1580. The summed E-state index contributed by atoms with van der Waals surface area (Å²) in [4.78, 5) is 25.0. The number of hydrogen-bond donors (Lipinski definition) is 6. The number of aliphatic hydroxyl groups is 5. The van der Waals surface area contributed by atoms with E-state index in [1.807, 2.05) is 6.08 Å². The highest BCUT2D eigenvalue weighted by Crippen LogP contribution is 2.23. The Morgan fingerprint density at radius 1 is 0.457 bits per heavy atom. The van der Waals surface area contributed by atoms with E-state index in [4.69, 9.17) is 14.2 Å². The molecule has 7 atom stereocenters. The van der Waals surface area contributed by atoms with Crippen molar-refractivity contribution in [3.8, 4) is 0 Å². The van der Waals surface area contributed by atoms with Crippen LogP contribution in [-0.4, -0.2) is 100 Å². The van der Waals surface area contributed by atoms with Crippen molar-refractivity contribution >= 4 is 11.9 Å². The van der Waals surface area contributed by atoms with Gasteiger partial charge in [0.25, 0.3) is 0 Å². The van der Waals surface area contributed by atoms with Crippen LogP contribution in [-0.2, 0) is 23.8 Å². The molecule has 1 heterocycles. The molecular weight excluding hydrogens is 1010 g/mol. The van der Waals surface area contributed by atoms with Gasteiger partial charge in [0.2, 0.25) is 5.91 Å². The SMILES string of the molecule is CCC/C=C/CC/C=C/CC/C=C/C(O)C(COC1OC(CO)C(O)C(O)C1O)NC(=O)CCCCCCCCCCCCCCCCC/C=C\C/C=C\CCCCCCCCCCCOC(=O)CCCCCCC/C=C\CCCC. The standard InChI is InChI=1S/C70H125NO10/c1-3-5-7-9-11-13-36-40-44-48-52-56-63(73)62(61-80-70-69(78)68(77)67(76)64(60-72)81-70)71-65(74)57-53-49-45-41-38-34-32-30-28-26-24-22-20-18-16-15-17-19-21-23-25-27-29-31-33-35-39-43-47-51-55-59-79-66(75)58-54-50-46-42-37-14-12-10-8-6-4-2/h7,9-10,12,17,19,23,25,36,40,52,56,62-64,67-70,72-73,76-78H,3-6,8,11,13-16,18,20-22,24,26-35,37-39,41-51,53-55,57-61H2,1-2H3,(H,71,74)/b9-7+,12-10-,19-17-,25-23-,40-36+,56-52+. The monoisotopic (exact) mass is 1140 g/mol. The molecule has 0 aliphatic carbocycles. The Morgan fingerprint density at radius 3 is 1.35 bits per heavy atom. The lowest BCUT2D eigenvalue weighted by molar-refractivity contribution is -0.302. The van der Waals surface area contributed by atoms with Crippen molar-refractivity contribution < 1.29 is 49.3 Å². The molecule has 1 amide bonds. The molecule has 0 aromatic carbocycles. The molecular formula is C70H125NO10. The quantitative estimate of drug-likeness (QED) is 0.0195. The number of rotatable bonds is 58. The minimum absolute atomic E-state index is 0.00702. The summed E-state index contributed by atoms with van der Waals surface area (Å²) in [6, 6.07) is -0.835. The van der Waals surface area contributed by atoms with Crippen molar-refractivity contribution in [2.75, 3.05) is 19.8 Å². The second-order valence-electron chi connectivity index (χ2n) is 23.1. The number of carbonyl (C=O) groups excluding carboxylic acids is 2. The number of ether oxygens (including phenoxy) is 3. The van der Waals surface area contributed by atoms with Crippen molar-refractivity contribution in [3.63, 3.8) is 0 Å². The molecule has 81 heavy (non-hydrogen) atoms. The van der Waals surface area contributed by atoms with Crippen LogP contribution in [0.25, 0.3) is 0 Å². The van der Waals surface area contributed by atoms with Gasteiger partial charge in [-0.1, -0.05) is 254 Å². The molecule has 0 bridgehead atoms. The Hall–Kier alpha value is -2.90. The zero-order valence-electron chi connectivity index (χ0n) is 52.0. The van der Waals surface area contributed by atoms with Crippen LogP contribution in [0.3, 0.4) is 0 Å². The molecule has 470 valence electrons. The van der Waals surface area contributed by atoms with Crippen molar-refractivity contribution in [1.82, 2.24) is 5.32 Å². The molecule has 1 saturated heterocycles.